The monoisotopic (exact) mass is 442 g/mol. The molecule has 3 rings (SSSR count). The SMILES string of the molecule is C=CCc1nn(CC(=O)N2CCN(c3ccc(CC)c(OCCF)c3)CC2)c(C)c1CC. The Morgan fingerprint density at radius 2 is 1.97 bits per heavy atom. The van der Waals surface area contributed by atoms with Crippen LogP contribution in [0.3, 0.4) is 0 Å². The lowest BCUT2D eigenvalue weighted by molar-refractivity contribution is -0.132. The lowest BCUT2D eigenvalue weighted by Gasteiger charge is -2.36. The fourth-order valence-electron chi connectivity index (χ4n) is 4.32. The van der Waals surface area contributed by atoms with Gasteiger partial charge in [0.2, 0.25) is 5.91 Å². The van der Waals surface area contributed by atoms with Gasteiger partial charge in [0.05, 0.1) is 5.69 Å². The van der Waals surface area contributed by atoms with E-state index in [9.17, 15) is 9.18 Å². The van der Waals surface area contributed by atoms with Crippen molar-refractivity contribution in [2.24, 2.45) is 0 Å². The summed E-state index contributed by atoms with van der Waals surface area (Å²) < 4.78 is 20.0. The van der Waals surface area contributed by atoms with Crippen LogP contribution in [0.5, 0.6) is 5.75 Å². The number of piperazine rings is 1. The smallest absolute Gasteiger partial charge is 0.244 e. The van der Waals surface area contributed by atoms with Crippen molar-refractivity contribution in [2.45, 2.75) is 46.6 Å². The van der Waals surface area contributed by atoms with Crippen molar-refractivity contribution < 1.29 is 13.9 Å². The Morgan fingerprint density at radius 1 is 1.22 bits per heavy atom. The second kappa shape index (κ2) is 11.2. The zero-order valence-corrected chi connectivity index (χ0v) is 19.6. The van der Waals surface area contributed by atoms with Crippen LogP contribution in [0.1, 0.15) is 36.4 Å². The first kappa shape index (κ1) is 23.8. The second-order valence-electron chi connectivity index (χ2n) is 8.07. The third-order valence-electron chi connectivity index (χ3n) is 6.15. The number of aromatic nitrogens is 2. The topological polar surface area (TPSA) is 50.6 Å². The molecule has 32 heavy (non-hydrogen) atoms. The Bertz CT molecular complexity index is 932. The van der Waals surface area contributed by atoms with Crippen molar-refractivity contribution in [3.63, 3.8) is 0 Å². The van der Waals surface area contributed by atoms with Crippen LogP contribution in [-0.4, -0.2) is 60.0 Å². The summed E-state index contributed by atoms with van der Waals surface area (Å²) in [5.41, 5.74) is 5.41. The first-order valence-corrected chi connectivity index (χ1v) is 11.5. The van der Waals surface area contributed by atoms with Crippen LogP contribution >= 0.6 is 0 Å². The molecule has 0 unspecified atom stereocenters. The van der Waals surface area contributed by atoms with Gasteiger partial charge in [-0.25, -0.2) is 4.39 Å². The van der Waals surface area contributed by atoms with E-state index in [1.54, 1.807) is 0 Å². The summed E-state index contributed by atoms with van der Waals surface area (Å²) >= 11 is 0. The number of aryl methyl sites for hydroxylation is 1. The minimum absolute atomic E-state index is 0.0693. The van der Waals surface area contributed by atoms with E-state index in [-0.39, 0.29) is 19.1 Å². The highest BCUT2D eigenvalue weighted by molar-refractivity contribution is 5.76. The molecule has 1 fully saturated rings. The van der Waals surface area contributed by atoms with E-state index in [1.165, 1.54) is 5.56 Å². The molecule has 0 radical (unpaired) electrons. The van der Waals surface area contributed by atoms with Crippen LogP contribution in [0.2, 0.25) is 0 Å². The van der Waals surface area contributed by atoms with Crippen LogP contribution in [-0.2, 0) is 30.6 Å². The predicted molar refractivity (Wildman–Crippen MR) is 126 cm³/mol. The minimum atomic E-state index is -0.501. The normalized spacial score (nSPS) is 14.0. The van der Waals surface area contributed by atoms with E-state index in [0.717, 1.165) is 60.7 Å². The van der Waals surface area contributed by atoms with Gasteiger partial charge in [-0.2, -0.15) is 5.10 Å². The Hall–Kier alpha value is -2.83. The number of carbonyl (C=O) groups is 1. The third-order valence-corrected chi connectivity index (χ3v) is 6.15. The highest BCUT2D eigenvalue weighted by atomic mass is 19.1. The van der Waals surface area contributed by atoms with Crippen molar-refractivity contribution in [2.75, 3.05) is 44.4 Å². The van der Waals surface area contributed by atoms with Gasteiger partial charge >= 0.3 is 0 Å². The number of ether oxygens (including phenoxy) is 1. The molecule has 1 aromatic heterocycles. The van der Waals surface area contributed by atoms with E-state index in [2.05, 4.69) is 36.5 Å². The van der Waals surface area contributed by atoms with Gasteiger partial charge in [-0.15, -0.1) is 6.58 Å². The van der Waals surface area contributed by atoms with Gasteiger partial charge in [0.1, 0.15) is 25.6 Å². The average molecular weight is 443 g/mol. The lowest BCUT2D eigenvalue weighted by Crippen LogP contribution is -2.49. The molecule has 1 saturated heterocycles. The fraction of sp³-hybridized carbons (Fsp3) is 0.520. The first-order valence-electron chi connectivity index (χ1n) is 11.5. The Labute approximate surface area is 190 Å². The number of allylic oxidation sites excluding steroid dienone is 1. The van der Waals surface area contributed by atoms with Gasteiger partial charge < -0.3 is 14.5 Å². The molecule has 1 aromatic carbocycles. The molecule has 2 aromatic rings. The molecular weight excluding hydrogens is 407 g/mol. The highest BCUT2D eigenvalue weighted by Crippen LogP contribution is 2.27. The molecule has 0 atom stereocenters. The van der Waals surface area contributed by atoms with Crippen molar-refractivity contribution >= 4 is 11.6 Å². The maximum Gasteiger partial charge on any atom is 0.244 e. The minimum Gasteiger partial charge on any atom is -0.491 e. The Kier molecular flexibility index (Phi) is 8.31. The van der Waals surface area contributed by atoms with Gasteiger partial charge in [0.25, 0.3) is 0 Å². The van der Waals surface area contributed by atoms with E-state index >= 15 is 0 Å². The van der Waals surface area contributed by atoms with Gasteiger partial charge in [-0.05, 0) is 37.0 Å². The van der Waals surface area contributed by atoms with E-state index in [4.69, 9.17) is 4.74 Å². The number of amides is 1. The number of benzene rings is 1. The predicted octanol–water partition coefficient (Wildman–Crippen LogP) is 3.74. The zero-order chi connectivity index (χ0) is 23.1. The second-order valence-corrected chi connectivity index (χ2v) is 8.07. The summed E-state index contributed by atoms with van der Waals surface area (Å²) in [5, 5.41) is 4.67. The van der Waals surface area contributed by atoms with Crippen LogP contribution in [0, 0.1) is 6.92 Å². The molecule has 0 saturated carbocycles. The number of halogens is 1. The average Bonchev–Trinajstić information content (AvgIpc) is 3.11. The van der Waals surface area contributed by atoms with Gasteiger partial charge in [0, 0.05) is 50.0 Å². The van der Waals surface area contributed by atoms with E-state index in [0.29, 0.717) is 13.1 Å². The summed E-state index contributed by atoms with van der Waals surface area (Å²) in [6.45, 7) is 12.7. The van der Waals surface area contributed by atoms with Crippen molar-refractivity contribution in [1.82, 2.24) is 14.7 Å². The van der Waals surface area contributed by atoms with Crippen molar-refractivity contribution in [3.8, 4) is 5.75 Å². The standard InChI is InChI=1S/C25H35FN4O2/c1-5-8-23-22(7-3)19(4)30(27-23)18-25(31)29-14-12-28(13-15-29)21-10-9-20(6-2)24(17-21)32-16-11-26/h5,9-10,17H,1,6-8,11-16,18H2,2-4H3. The quantitative estimate of drug-likeness (QED) is 0.526. The summed E-state index contributed by atoms with van der Waals surface area (Å²) in [4.78, 5) is 17.1. The molecule has 0 spiro atoms. The number of rotatable bonds is 10. The van der Waals surface area contributed by atoms with Gasteiger partial charge in [0.15, 0.2) is 0 Å². The molecule has 0 N–H and O–H groups in total. The largest absolute Gasteiger partial charge is 0.491 e. The number of hydrogen-bond acceptors (Lipinski definition) is 4. The first-order chi connectivity index (χ1) is 15.5. The molecule has 1 aliphatic rings. The number of anilines is 1. The molecule has 0 aliphatic carbocycles. The van der Waals surface area contributed by atoms with Crippen molar-refractivity contribution in [1.29, 1.82) is 0 Å². The molecule has 1 aliphatic heterocycles. The third kappa shape index (κ3) is 5.31. The fourth-order valence-corrected chi connectivity index (χ4v) is 4.32. The van der Waals surface area contributed by atoms with E-state index in [1.807, 2.05) is 34.7 Å². The van der Waals surface area contributed by atoms with Crippen LogP contribution in [0.15, 0.2) is 30.9 Å². The van der Waals surface area contributed by atoms with Crippen LogP contribution in [0.4, 0.5) is 10.1 Å². The summed E-state index contributed by atoms with van der Waals surface area (Å²) in [5.74, 6) is 0.841. The Morgan fingerprint density at radius 3 is 2.59 bits per heavy atom. The molecule has 1 amide bonds. The summed E-state index contributed by atoms with van der Waals surface area (Å²) in [6, 6.07) is 6.12. The number of nitrogens with zero attached hydrogens (tertiary/aromatic N) is 4. The zero-order valence-electron chi connectivity index (χ0n) is 19.6. The summed E-state index contributed by atoms with van der Waals surface area (Å²) in [6.07, 6.45) is 4.31. The number of alkyl halides is 1. The Balaban J connectivity index is 1.62. The molecule has 174 valence electrons. The summed E-state index contributed by atoms with van der Waals surface area (Å²) in [7, 11) is 0. The number of hydrogen-bond donors (Lipinski definition) is 0. The lowest BCUT2D eigenvalue weighted by atomic mass is 10.1. The molecule has 2 heterocycles. The molecule has 6 nitrogen and oxygen atoms in total. The van der Waals surface area contributed by atoms with Crippen molar-refractivity contribution in [3.05, 3.63) is 53.4 Å². The van der Waals surface area contributed by atoms with Crippen LogP contribution < -0.4 is 9.64 Å². The molecule has 7 heteroatoms. The number of carbonyl (C=O) groups excluding carboxylic acids is 1. The maximum atomic E-state index is 13.0. The van der Waals surface area contributed by atoms with Gasteiger partial charge in [-0.3, -0.25) is 9.48 Å². The highest BCUT2D eigenvalue weighted by Gasteiger charge is 2.23. The van der Waals surface area contributed by atoms with Crippen LogP contribution in [0.25, 0.3) is 0 Å². The van der Waals surface area contributed by atoms with Gasteiger partial charge in [-0.1, -0.05) is 26.0 Å². The maximum absolute atomic E-state index is 13.0. The molecule has 0 bridgehead atoms. The molecular formula is C25H35FN4O2. The van der Waals surface area contributed by atoms with E-state index < -0.39 is 6.67 Å².